The maximum absolute atomic E-state index is 11.5. The third kappa shape index (κ3) is 2.63. The number of nitrogens with one attached hydrogen (secondary N) is 1. The molecule has 1 aliphatic heterocycles. The van der Waals surface area contributed by atoms with E-state index in [-0.39, 0.29) is 17.4 Å². The molecule has 6 nitrogen and oxygen atoms in total. The van der Waals surface area contributed by atoms with Crippen LogP contribution in [0.15, 0.2) is 29.1 Å². The molecule has 1 fully saturated rings. The van der Waals surface area contributed by atoms with Crippen LogP contribution in [0.5, 0.6) is 0 Å². The lowest BCUT2D eigenvalue weighted by Crippen LogP contribution is -2.21. The van der Waals surface area contributed by atoms with Crippen LogP contribution in [-0.2, 0) is 0 Å². The number of H-pyrrole nitrogens is 1. The van der Waals surface area contributed by atoms with Gasteiger partial charge in [0.1, 0.15) is 6.07 Å². The summed E-state index contributed by atoms with van der Waals surface area (Å²) in [6, 6.07) is 8.93. The Bertz CT molecular complexity index is 810. The van der Waals surface area contributed by atoms with Gasteiger partial charge in [-0.2, -0.15) is 5.26 Å². The Kier molecular flexibility index (Phi) is 3.73. The van der Waals surface area contributed by atoms with Gasteiger partial charge >= 0.3 is 0 Å². The first kappa shape index (κ1) is 14.4. The van der Waals surface area contributed by atoms with Crippen molar-refractivity contribution in [2.24, 2.45) is 0 Å². The standard InChI is InChI=1S/C15H14ClN5O/c16-11-3-1-2-9(7-17)14(11)21-5-4-10(8-21)12-6-13(22)20-15(18)19-12/h1-3,6,10H,4-5,8H2,(H3,18,19,20,22). The number of anilines is 2. The summed E-state index contributed by atoms with van der Waals surface area (Å²) in [4.78, 5) is 20.2. The van der Waals surface area contributed by atoms with E-state index >= 15 is 0 Å². The van der Waals surface area contributed by atoms with Gasteiger partial charge in [0.2, 0.25) is 5.95 Å². The van der Waals surface area contributed by atoms with E-state index in [1.165, 1.54) is 6.07 Å². The number of para-hydroxylation sites is 1. The topological polar surface area (TPSA) is 98.8 Å². The lowest BCUT2D eigenvalue weighted by molar-refractivity contribution is 0.739. The maximum Gasteiger partial charge on any atom is 0.252 e. The normalized spacial score (nSPS) is 17.5. The Morgan fingerprint density at radius 1 is 1.50 bits per heavy atom. The molecule has 0 radical (unpaired) electrons. The van der Waals surface area contributed by atoms with E-state index in [1.54, 1.807) is 18.2 Å². The van der Waals surface area contributed by atoms with Crippen LogP contribution in [0.1, 0.15) is 23.6 Å². The van der Waals surface area contributed by atoms with E-state index in [0.717, 1.165) is 18.7 Å². The summed E-state index contributed by atoms with van der Waals surface area (Å²) in [5.74, 6) is 0.212. The number of nitrogens with zero attached hydrogens (tertiary/aromatic N) is 3. The van der Waals surface area contributed by atoms with Crippen LogP contribution in [0.25, 0.3) is 0 Å². The van der Waals surface area contributed by atoms with Gasteiger partial charge in [0, 0.05) is 25.1 Å². The molecule has 1 saturated heterocycles. The zero-order valence-corrected chi connectivity index (χ0v) is 12.5. The van der Waals surface area contributed by atoms with E-state index < -0.39 is 0 Å². The van der Waals surface area contributed by atoms with Crippen LogP contribution in [0, 0.1) is 11.3 Å². The predicted octanol–water partition coefficient (Wildman–Crippen LogP) is 1.87. The minimum atomic E-state index is -0.253. The second kappa shape index (κ2) is 5.70. The van der Waals surface area contributed by atoms with Crippen molar-refractivity contribution >= 4 is 23.2 Å². The molecule has 0 aliphatic carbocycles. The minimum Gasteiger partial charge on any atom is -0.369 e. The largest absolute Gasteiger partial charge is 0.369 e. The molecule has 2 heterocycles. The minimum absolute atomic E-state index is 0.0902. The summed E-state index contributed by atoms with van der Waals surface area (Å²) in [6.07, 6.45) is 0.825. The first-order valence-corrected chi connectivity index (χ1v) is 7.26. The molecule has 0 saturated carbocycles. The van der Waals surface area contributed by atoms with Crippen LogP contribution in [0.4, 0.5) is 11.6 Å². The smallest absolute Gasteiger partial charge is 0.252 e. The SMILES string of the molecule is N#Cc1cccc(Cl)c1N1CCC(c2cc(=O)[nH]c(N)n2)C1. The molecule has 2 aromatic rings. The van der Waals surface area contributed by atoms with Gasteiger partial charge in [-0.15, -0.1) is 0 Å². The van der Waals surface area contributed by atoms with Crippen molar-refractivity contribution in [3.8, 4) is 6.07 Å². The van der Waals surface area contributed by atoms with Gasteiger partial charge in [-0.1, -0.05) is 17.7 Å². The Labute approximate surface area is 132 Å². The van der Waals surface area contributed by atoms with Crippen molar-refractivity contribution in [2.75, 3.05) is 23.7 Å². The van der Waals surface area contributed by atoms with E-state index in [0.29, 0.717) is 22.8 Å². The van der Waals surface area contributed by atoms with Gasteiger partial charge in [0.05, 0.1) is 22.0 Å². The highest BCUT2D eigenvalue weighted by Gasteiger charge is 2.28. The van der Waals surface area contributed by atoms with Crippen molar-refractivity contribution < 1.29 is 0 Å². The maximum atomic E-state index is 11.5. The van der Waals surface area contributed by atoms with Crippen LogP contribution in [-0.4, -0.2) is 23.1 Å². The molecule has 1 aromatic heterocycles. The number of nitrogens with two attached hydrogens (primary N) is 1. The van der Waals surface area contributed by atoms with E-state index in [2.05, 4.69) is 20.9 Å². The van der Waals surface area contributed by atoms with Crippen molar-refractivity contribution in [3.63, 3.8) is 0 Å². The molecular weight excluding hydrogens is 302 g/mol. The molecular formula is C15H14ClN5O. The fourth-order valence-electron chi connectivity index (χ4n) is 2.84. The Morgan fingerprint density at radius 2 is 2.32 bits per heavy atom. The molecule has 3 rings (SSSR count). The molecule has 7 heteroatoms. The van der Waals surface area contributed by atoms with Gasteiger partial charge in [-0.25, -0.2) is 4.98 Å². The van der Waals surface area contributed by atoms with Gasteiger partial charge in [-0.05, 0) is 18.6 Å². The molecule has 0 spiro atoms. The quantitative estimate of drug-likeness (QED) is 0.881. The summed E-state index contributed by atoms with van der Waals surface area (Å²) in [7, 11) is 0. The van der Waals surface area contributed by atoms with E-state index in [9.17, 15) is 10.1 Å². The molecule has 1 aromatic carbocycles. The third-order valence-electron chi connectivity index (χ3n) is 3.81. The zero-order chi connectivity index (χ0) is 15.7. The number of hydrogen-bond donors (Lipinski definition) is 2. The predicted molar refractivity (Wildman–Crippen MR) is 85.0 cm³/mol. The first-order valence-electron chi connectivity index (χ1n) is 6.89. The Balaban J connectivity index is 1.90. The Morgan fingerprint density at radius 3 is 3.05 bits per heavy atom. The number of rotatable bonds is 2. The monoisotopic (exact) mass is 315 g/mol. The summed E-state index contributed by atoms with van der Waals surface area (Å²) >= 11 is 6.25. The number of aromatic nitrogens is 2. The molecule has 1 aliphatic rings. The van der Waals surface area contributed by atoms with Crippen molar-refractivity contribution in [1.82, 2.24) is 9.97 Å². The van der Waals surface area contributed by atoms with Crippen LogP contribution in [0.3, 0.4) is 0 Å². The van der Waals surface area contributed by atoms with Crippen molar-refractivity contribution in [1.29, 1.82) is 5.26 Å². The van der Waals surface area contributed by atoms with Gasteiger partial charge in [0.15, 0.2) is 0 Å². The molecule has 1 atom stereocenters. The molecule has 0 amide bonds. The fraction of sp³-hybridized carbons (Fsp3) is 0.267. The molecule has 1 unspecified atom stereocenters. The van der Waals surface area contributed by atoms with Crippen LogP contribution < -0.4 is 16.2 Å². The van der Waals surface area contributed by atoms with Crippen molar-refractivity contribution in [3.05, 3.63) is 50.9 Å². The first-order chi connectivity index (χ1) is 10.6. The van der Waals surface area contributed by atoms with E-state index in [4.69, 9.17) is 17.3 Å². The lowest BCUT2D eigenvalue weighted by atomic mass is 10.0. The number of halogens is 1. The summed E-state index contributed by atoms with van der Waals surface area (Å²) < 4.78 is 0. The fourth-order valence-corrected chi connectivity index (χ4v) is 3.13. The number of nitrogen functional groups attached to an aromatic ring is 1. The molecule has 3 N–H and O–H groups in total. The highest BCUT2D eigenvalue weighted by Crippen LogP contribution is 2.35. The van der Waals surface area contributed by atoms with Crippen LogP contribution >= 0.6 is 11.6 Å². The highest BCUT2D eigenvalue weighted by atomic mass is 35.5. The second-order valence-electron chi connectivity index (χ2n) is 5.23. The number of hydrogen-bond acceptors (Lipinski definition) is 5. The highest BCUT2D eigenvalue weighted by molar-refractivity contribution is 6.33. The molecule has 22 heavy (non-hydrogen) atoms. The van der Waals surface area contributed by atoms with Gasteiger partial charge in [0.25, 0.3) is 5.56 Å². The molecule has 0 bridgehead atoms. The summed E-state index contributed by atoms with van der Waals surface area (Å²) in [5.41, 5.74) is 7.31. The average molecular weight is 316 g/mol. The summed E-state index contributed by atoms with van der Waals surface area (Å²) in [5, 5.41) is 9.80. The second-order valence-corrected chi connectivity index (χ2v) is 5.64. The van der Waals surface area contributed by atoms with Crippen LogP contribution in [0.2, 0.25) is 5.02 Å². The number of aromatic amines is 1. The van der Waals surface area contributed by atoms with Gasteiger partial charge < -0.3 is 10.6 Å². The lowest BCUT2D eigenvalue weighted by Gasteiger charge is -2.21. The zero-order valence-electron chi connectivity index (χ0n) is 11.7. The van der Waals surface area contributed by atoms with Crippen molar-refractivity contribution in [2.45, 2.75) is 12.3 Å². The summed E-state index contributed by atoms with van der Waals surface area (Å²) in [6.45, 7) is 1.39. The van der Waals surface area contributed by atoms with E-state index in [1.807, 2.05) is 0 Å². The van der Waals surface area contributed by atoms with Gasteiger partial charge in [-0.3, -0.25) is 9.78 Å². The Hall–Kier alpha value is -2.52. The number of nitriles is 1. The average Bonchev–Trinajstić information content (AvgIpc) is 2.95. The molecule has 112 valence electrons. The number of benzene rings is 1. The third-order valence-corrected chi connectivity index (χ3v) is 4.11.